The molecule has 1 saturated heterocycles. The van der Waals surface area contributed by atoms with Crippen LogP contribution < -0.4 is 5.32 Å². The van der Waals surface area contributed by atoms with Crippen LogP contribution in [0.4, 0.5) is 0 Å². The summed E-state index contributed by atoms with van der Waals surface area (Å²) in [5, 5.41) is 3.44. The summed E-state index contributed by atoms with van der Waals surface area (Å²) in [6, 6.07) is 0. The summed E-state index contributed by atoms with van der Waals surface area (Å²) in [6.07, 6.45) is 5.58. The van der Waals surface area contributed by atoms with E-state index < -0.39 is 0 Å². The SMILES string of the molecule is CC(C)CC(C)(C)CC1CCNCC1. The van der Waals surface area contributed by atoms with Crippen LogP contribution in [0.3, 0.4) is 0 Å². The molecule has 0 aromatic heterocycles. The van der Waals surface area contributed by atoms with E-state index in [-0.39, 0.29) is 0 Å². The number of piperidine rings is 1. The van der Waals surface area contributed by atoms with Crippen LogP contribution in [0.25, 0.3) is 0 Å². The molecule has 1 nitrogen and oxygen atoms in total. The Labute approximate surface area is 89.7 Å². The first-order chi connectivity index (χ1) is 6.49. The van der Waals surface area contributed by atoms with Crippen molar-refractivity contribution >= 4 is 0 Å². The van der Waals surface area contributed by atoms with Crippen molar-refractivity contribution in [3.8, 4) is 0 Å². The number of hydrogen-bond acceptors (Lipinski definition) is 1. The first-order valence-electron chi connectivity index (χ1n) is 6.20. The van der Waals surface area contributed by atoms with Gasteiger partial charge in [-0.25, -0.2) is 0 Å². The van der Waals surface area contributed by atoms with E-state index in [0.29, 0.717) is 5.41 Å². The Morgan fingerprint density at radius 3 is 2.29 bits per heavy atom. The van der Waals surface area contributed by atoms with E-state index in [2.05, 4.69) is 33.0 Å². The second-order valence-electron chi connectivity index (χ2n) is 6.16. The smallest absolute Gasteiger partial charge is 0.00463 e. The van der Waals surface area contributed by atoms with Crippen LogP contribution in [0.1, 0.15) is 53.4 Å². The van der Waals surface area contributed by atoms with Crippen molar-refractivity contribution < 1.29 is 0 Å². The second-order valence-corrected chi connectivity index (χ2v) is 6.16. The average Bonchev–Trinajstić information content (AvgIpc) is 2.02. The minimum Gasteiger partial charge on any atom is -0.317 e. The fourth-order valence-corrected chi connectivity index (χ4v) is 3.06. The largest absolute Gasteiger partial charge is 0.317 e. The van der Waals surface area contributed by atoms with Crippen LogP contribution in [0, 0.1) is 17.3 Å². The fourth-order valence-electron chi connectivity index (χ4n) is 3.06. The van der Waals surface area contributed by atoms with Crippen molar-refractivity contribution in [3.63, 3.8) is 0 Å². The van der Waals surface area contributed by atoms with Crippen LogP contribution in [0.15, 0.2) is 0 Å². The first-order valence-corrected chi connectivity index (χ1v) is 6.20. The van der Waals surface area contributed by atoms with Gasteiger partial charge in [-0.2, -0.15) is 0 Å². The van der Waals surface area contributed by atoms with Crippen LogP contribution in [0.2, 0.25) is 0 Å². The third kappa shape index (κ3) is 4.45. The molecule has 0 aliphatic carbocycles. The lowest BCUT2D eigenvalue weighted by Gasteiger charge is -2.33. The molecule has 0 atom stereocenters. The Balaban J connectivity index is 2.32. The first kappa shape index (κ1) is 12.0. The summed E-state index contributed by atoms with van der Waals surface area (Å²) in [6.45, 7) is 12.0. The fraction of sp³-hybridized carbons (Fsp3) is 1.00. The predicted octanol–water partition coefficient (Wildman–Crippen LogP) is 3.45. The minimum atomic E-state index is 0.552. The van der Waals surface area contributed by atoms with Gasteiger partial charge in [0, 0.05) is 0 Å². The maximum absolute atomic E-state index is 3.44. The molecule has 0 radical (unpaired) electrons. The molecule has 0 aromatic rings. The molecule has 1 fully saturated rings. The molecule has 0 spiro atoms. The van der Waals surface area contributed by atoms with E-state index in [1.165, 1.54) is 38.8 Å². The zero-order valence-corrected chi connectivity index (χ0v) is 10.4. The highest BCUT2D eigenvalue weighted by Gasteiger charge is 2.25. The van der Waals surface area contributed by atoms with Gasteiger partial charge in [0.1, 0.15) is 0 Å². The minimum absolute atomic E-state index is 0.552. The molecule has 1 rings (SSSR count). The zero-order chi connectivity index (χ0) is 10.6. The molecule has 1 heteroatoms. The van der Waals surface area contributed by atoms with Gasteiger partial charge in [-0.05, 0) is 56.0 Å². The lowest BCUT2D eigenvalue weighted by atomic mass is 9.75. The van der Waals surface area contributed by atoms with Gasteiger partial charge in [0.25, 0.3) is 0 Å². The molecule has 0 amide bonds. The van der Waals surface area contributed by atoms with Crippen LogP contribution in [-0.4, -0.2) is 13.1 Å². The third-order valence-corrected chi connectivity index (χ3v) is 3.26. The van der Waals surface area contributed by atoms with Gasteiger partial charge in [-0.1, -0.05) is 27.7 Å². The van der Waals surface area contributed by atoms with Crippen LogP contribution in [0.5, 0.6) is 0 Å². The van der Waals surface area contributed by atoms with Crippen molar-refractivity contribution in [1.29, 1.82) is 0 Å². The maximum atomic E-state index is 3.44. The van der Waals surface area contributed by atoms with Gasteiger partial charge in [0.15, 0.2) is 0 Å². The molecule has 1 aliphatic rings. The van der Waals surface area contributed by atoms with Crippen molar-refractivity contribution in [2.24, 2.45) is 17.3 Å². The van der Waals surface area contributed by atoms with E-state index >= 15 is 0 Å². The Morgan fingerprint density at radius 1 is 1.21 bits per heavy atom. The summed E-state index contributed by atoms with van der Waals surface area (Å²) < 4.78 is 0. The molecule has 1 heterocycles. The van der Waals surface area contributed by atoms with Gasteiger partial charge >= 0.3 is 0 Å². The Kier molecular flexibility index (Phi) is 4.43. The van der Waals surface area contributed by atoms with Crippen molar-refractivity contribution in [3.05, 3.63) is 0 Å². The number of nitrogens with one attached hydrogen (secondary N) is 1. The van der Waals surface area contributed by atoms with Crippen LogP contribution >= 0.6 is 0 Å². The molecule has 84 valence electrons. The van der Waals surface area contributed by atoms with E-state index in [4.69, 9.17) is 0 Å². The molecule has 0 aromatic carbocycles. The van der Waals surface area contributed by atoms with Gasteiger partial charge in [0.2, 0.25) is 0 Å². The quantitative estimate of drug-likeness (QED) is 0.728. The summed E-state index contributed by atoms with van der Waals surface area (Å²) in [5.74, 6) is 1.82. The highest BCUT2D eigenvalue weighted by atomic mass is 14.9. The molecule has 0 unspecified atom stereocenters. The molecule has 1 aliphatic heterocycles. The van der Waals surface area contributed by atoms with Gasteiger partial charge in [-0.15, -0.1) is 0 Å². The molecule has 0 saturated carbocycles. The third-order valence-electron chi connectivity index (χ3n) is 3.26. The van der Waals surface area contributed by atoms with Crippen molar-refractivity contribution in [1.82, 2.24) is 5.32 Å². The molecule has 14 heavy (non-hydrogen) atoms. The topological polar surface area (TPSA) is 12.0 Å². The normalized spacial score (nSPS) is 20.4. The molecule has 0 bridgehead atoms. The highest BCUT2D eigenvalue weighted by molar-refractivity contribution is 4.78. The van der Waals surface area contributed by atoms with E-state index in [9.17, 15) is 0 Å². The average molecular weight is 197 g/mol. The Hall–Kier alpha value is -0.0400. The summed E-state index contributed by atoms with van der Waals surface area (Å²) in [7, 11) is 0. The lowest BCUT2D eigenvalue weighted by Crippen LogP contribution is -2.30. The van der Waals surface area contributed by atoms with E-state index in [1.807, 2.05) is 0 Å². The van der Waals surface area contributed by atoms with E-state index in [0.717, 1.165) is 11.8 Å². The van der Waals surface area contributed by atoms with E-state index in [1.54, 1.807) is 0 Å². The number of hydrogen-bond donors (Lipinski definition) is 1. The maximum Gasteiger partial charge on any atom is -0.00463 e. The Morgan fingerprint density at radius 2 is 1.79 bits per heavy atom. The lowest BCUT2D eigenvalue weighted by molar-refractivity contribution is 0.195. The molecular weight excluding hydrogens is 170 g/mol. The van der Waals surface area contributed by atoms with Crippen LogP contribution in [-0.2, 0) is 0 Å². The monoisotopic (exact) mass is 197 g/mol. The predicted molar refractivity (Wildman–Crippen MR) is 63.4 cm³/mol. The standard InChI is InChI=1S/C13H27N/c1-11(2)9-13(3,4)10-12-5-7-14-8-6-12/h11-12,14H,5-10H2,1-4H3. The summed E-state index contributed by atoms with van der Waals surface area (Å²) >= 11 is 0. The van der Waals surface area contributed by atoms with Gasteiger partial charge < -0.3 is 5.32 Å². The summed E-state index contributed by atoms with van der Waals surface area (Å²) in [5.41, 5.74) is 0.552. The van der Waals surface area contributed by atoms with Gasteiger partial charge in [0.05, 0.1) is 0 Å². The molecule has 1 N–H and O–H groups in total. The summed E-state index contributed by atoms with van der Waals surface area (Å²) in [4.78, 5) is 0. The highest BCUT2D eigenvalue weighted by Crippen LogP contribution is 2.35. The zero-order valence-electron chi connectivity index (χ0n) is 10.4. The number of rotatable bonds is 4. The Bertz CT molecular complexity index is 155. The van der Waals surface area contributed by atoms with Gasteiger partial charge in [-0.3, -0.25) is 0 Å². The molecular formula is C13H27N. The second kappa shape index (κ2) is 5.16. The van der Waals surface area contributed by atoms with Crippen molar-refractivity contribution in [2.45, 2.75) is 53.4 Å². The van der Waals surface area contributed by atoms with Crippen molar-refractivity contribution in [2.75, 3.05) is 13.1 Å².